The maximum atomic E-state index is 11.4. The molecule has 1 amide bonds. The lowest BCUT2D eigenvalue weighted by atomic mass is 10.1. The Labute approximate surface area is 83.3 Å². The van der Waals surface area contributed by atoms with Crippen LogP contribution in [0.3, 0.4) is 0 Å². The average molecular weight is 204 g/mol. The number of rotatable bonds is 2. The zero-order valence-electron chi connectivity index (χ0n) is 7.92. The molecule has 1 heterocycles. The Morgan fingerprint density at radius 3 is 2.69 bits per heavy atom. The number of carbonyl (C=O) groups excluding carboxylic acids is 1. The molecule has 1 rings (SSSR count). The predicted molar refractivity (Wildman–Crippen MR) is 51.6 cm³/mol. The van der Waals surface area contributed by atoms with Crippen molar-refractivity contribution in [1.29, 1.82) is 0 Å². The number of carbonyl (C=O) groups is 1. The van der Waals surface area contributed by atoms with Crippen LogP contribution in [0, 0.1) is 0 Å². The molecule has 0 bridgehead atoms. The van der Waals surface area contributed by atoms with Crippen molar-refractivity contribution >= 4 is 17.5 Å². The van der Waals surface area contributed by atoms with Gasteiger partial charge in [-0.25, -0.2) is 0 Å². The summed E-state index contributed by atoms with van der Waals surface area (Å²) in [4.78, 5) is 13.0. The Kier molecular flexibility index (Phi) is 3.33. The molecule has 2 unspecified atom stereocenters. The van der Waals surface area contributed by atoms with Crippen LogP contribution in [-0.4, -0.2) is 36.6 Å². The van der Waals surface area contributed by atoms with Gasteiger partial charge in [-0.3, -0.25) is 4.79 Å². The van der Waals surface area contributed by atoms with E-state index in [0.717, 1.165) is 6.42 Å². The van der Waals surface area contributed by atoms with E-state index in [0.29, 0.717) is 6.61 Å². The summed E-state index contributed by atoms with van der Waals surface area (Å²) in [7, 11) is 1.73. The average Bonchev–Trinajstić information content (AvgIpc) is 2.48. The van der Waals surface area contributed by atoms with Crippen molar-refractivity contribution in [2.45, 2.75) is 25.5 Å². The zero-order valence-corrected chi connectivity index (χ0v) is 8.67. The van der Waals surface area contributed by atoms with Crippen LogP contribution in [0.2, 0.25) is 0 Å². The maximum absolute atomic E-state index is 11.4. The molecule has 2 atom stereocenters. The van der Waals surface area contributed by atoms with Gasteiger partial charge in [0.2, 0.25) is 0 Å². The van der Waals surface area contributed by atoms with Crippen molar-refractivity contribution in [3.63, 3.8) is 0 Å². The first kappa shape index (κ1) is 10.5. The van der Waals surface area contributed by atoms with Gasteiger partial charge in [0, 0.05) is 13.7 Å². The monoisotopic (exact) mass is 203 g/mol. The fraction of sp³-hybridized carbons (Fsp3) is 0.667. The first-order chi connectivity index (χ1) is 6.04. The molecule has 0 spiro atoms. The minimum atomic E-state index is -0.219. The molecule has 3 nitrogen and oxygen atoms in total. The molecule has 0 aromatic rings. The van der Waals surface area contributed by atoms with Crippen LogP contribution in [-0.2, 0) is 9.53 Å². The Bertz CT molecular complexity index is 230. The van der Waals surface area contributed by atoms with E-state index in [-0.39, 0.29) is 23.1 Å². The summed E-state index contributed by atoms with van der Waals surface area (Å²) in [5.41, 5.74) is 0. The van der Waals surface area contributed by atoms with Crippen molar-refractivity contribution < 1.29 is 9.53 Å². The molecule has 0 N–H and O–H groups in total. The molecule has 4 heteroatoms. The van der Waals surface area contributed by atoms with E-state index in [1.807, 2.05) is 6.92 Å². The summed E-state index contributed by atoms with van der Waals surface area (Å²) in [5.74, 6) is -0.219. The molecular weight excluding hydrogens is 190 g/mol. The van der Waals surface area contributed by atoms with Crippen molar-refractivity contribution in [2.24, 2.45) is 0 Å². The Hall–Kier alpha value is -0.540. The lowest BCUT2D eigenvalue weighted by Gasteiger charge is -2.26. The molecular formula is C9H14ClNO2. The molecule has 0 aliphatic carbocycles. The third-order valence-corrected chi connectivity index (χ3v) is 2.55. The highest BCUT2D eigenvalue weighted by molar-refractivity contribution is 6.41. The fourth-order valence-electron chi connectivity index (χ4n) is 1.57. The number of likely N-dealkylation sites (N-methyl/N-ethyl adjacent to an activating group) is 1. The second-order valence-electron chi connectivity index (χ2n) is 3.25. The largest absolute Gasteiger partial charge is 0.376 e. The van der Waals surface area contributed by atoms with Gasteiger partial charge in [-0.1, -0.05) is 18.2 Å². The van der Waals surface area contributed by atoms with Gasteiger partial charge >= 0.3 is 0 Å². The number of amides is 1. The highest BCUT2D eigenvalue weighted by atomic mass is 35.5. The Morgan fingerprint density at radius 2 is 2.31 bits per heavy atom. The summed E-state index contributed by atoms with van der Waals surface area (Å²) in [5, 5.41) is 0.0570. The van der Waals surface area contributed by atoms with Crippen LogP contribution in [0.1, 0.15) is 13.3 Å². The van der Waals surface area contributed by atoms with E-state index in [2.05, 4.69) is 6.58 Å². The van der Waals surface area contributed by atoms with Crippen molar-refractivity contribution in [3.8, 4) is 0 Å². The number of nitrogens with zero attached hydrogens (tertiary/aromatic N) is 1. The van der Waals surface area contributed by atoms with Crippen LogP contribution < -0.4 is 0 Å². The Morgan fingerprint density at radius 1 is 1.69 bits per heavy atom. The highest BCUT2D eigenvalue weighted by Crippen LogP contribution is 2.19. The van der Waals surface area contributed by atoms with Gasteiger partial charge in [-0.15, -0.1) is 0 Å². The van der Waals surface area contributed by atoms with E-state index in [4.69, 9.17) is 16.3 Å². The maximum Gasteiger partial charge on any atom is 0.264 e. The molecule has 0 saturated carbocycles. The van der Waals surface area contributed by atoms with Crippen molar-refractivity contribution in [2.75, 3.05) is 13.7 Å². The van der Waals surface area contributed by atoms with Gasteiger partial charge in [0.05, 0.1) is 17.2 Å². The first-order valence-electron chi connectivity index (χ1n) is 4.27. The van der Waals surface area contributed by atoms with Crippen LogP contribution in [0.25, 0.3) is 0 Å². The van der Waals surface area contributed by atoms with Crippen LogP contribution in [0.4, 0.5) is 0 Å². The predicted octanol–water partition coefficient (Wildman–Crippen LogP) is 1.37. The smallest absolute Gasteiger partial charge is 0.264 e. The molecule has 1 aliphatic rings. The van der Waals surface area contributed by atoms with E-state index in [9.17, 15) is 4.79 Å². The summed E-state index contributed by atoms with van der Waals surface area (Å²) in [6, 6.07) is 0.128. The Balaban J connectivity index is 2.61. The minimum Gasteiger partial charge on any atom is -0.376 e. The summed E-state index contributed by atoms with van der Waals surface area (Å²) >= 11 is 5.52. The van der Waals surface area contributed by atoms with Crippen molar-refractivity contribution in [3.05, 3.63) is 11.6 Å². The third-order valence-electron chi connectivity index (χ3n) is 2.39. The molecule has 1 fully saturated rings. The van der Waals surface area contributed by atoms with Gasteiger partial charge in [-0.05, 0) is 13.3 Å². The highest BCUT2D eigenvalue weighted by Gasteiger charge is 2.30. The van der Waals surface area contributed by atoms with E-state index in [1.54, 1.807) is 11.9 Å². The molecule has 0 radical (unpaired) electrons. The number of ether oxygens (including phenoxy) is 1. The summed E-state index contributed by atoms with van der Waals surface area (Å²) in [6.07, 6.45) is 0.957. The van der Waals surface area contributed by atoms with Crippen LogP contribution >= 0.6 is 11.6 Å². The van der Waals surface area contributed by atoms with E-state index in [1.165, 1.54) is 0 Å². The molecule has 1 aliphatic heterocycles. The van der Waals surface area contributed by atoms with Gasteiger partial charge < -0.3 is 9.64 Å². The molecule has 1 saturated heterocycles. The third kappa shape index (κ3) is 2.23. The quantitative estimate of drug-likeness (QED) is 0.635. The second-order valence-corrected chi connectivity index (χ2v) is 3.71. The number of hydrogen-bond donors (Lipinski definition) is 0. The fourth-order valence-corrected chi connectivity index (χ4v) is 1.70. The first-order valence-corrected chi connectivity index (χ1v) is 4.65. The van der Waals surface area contributed by atoms with Gasteiger partial charge in [0.25, 0.3) is 5.91 Å². The van der Waals surface area contributed by atoms with E-state index < -0.39 is 0 Å². The molecule has 74 valence electrons. The standard InChI is InChI=1S/C9H14ClNO2/c1-6(10)9(12)11(3)8-4-5-13-7(8)2/h7-8H,1,4-5H2,2-3H3. The molecule has 0 aromatic heterocycles. The number of halogens is 1. The SMILES string of the molecule is C=C(Cl)C(=O)N(C)C1CCOC1C. The van der Waals surface area contributed by atoms with Gasteiger partial charge in [0.1, 0.15) is 0 Å². The normalized spacial score (nSPS) is 27.3. The number of hydrogen-bond acceptors (Lipinski definition) is 2. The topological polar surface area (TPSA) is 29.5 Å². The lowest BCUT2D eigenvalue weighted by Crippen LogP contribution is -2.40. The molecule has 0 aromatic carbocycles. The zero-order chi connectivity index (χ0) is 10.0. The second kappa shape index (κ2) is 4.11. The molecule has 13 heavy (non-hydrogen) atoms. The minimum absolute atomic E-state index is 0.0570. The summed E-state index contributed by atoms with van der Waals surface area (Å²) < 4.78 is 5.35. The van der Waals surface area contributed by atoms with Crippen LogP contribution in [0.15, 0.2) is 11.6 Å². The van der Waals surface area contributed by atoms with Gasteiger partial charge in [-0.2, -0.15) is 0 Å². The summed E-state index contributed by atoms with van der Waals surface area (Å²) in [6.45, 7) is 6.07. The van der Waals surface area contributed by atoms with E-state index >= 15 is 0 Å². The van der Waals surface area contributed by atoms with Gasteiger partial charge in [0.15, 0.2) is 0 Å². The van der Waals surface area contributed by atoms with Crippen molar-refractivity contribution in [1.82, 2.24) is 4.90 Å². The van der Waals surface area contributed by atoms with Crippen LogP contribution in [0.5, 0.6) is 0 Å². The lowest BCUT2D eigenvalue weighted by molar-refractivity contribution is -0.128.